The van der Waals surface area contributed by atoms with Gasteiger partial charge in [-0.05, 0) is 36.6 Å². The van der Waals surface area contributed by atoms with Gasteiger partial charge < -0.3 is 19.5 Å². The van der Waals surface area contributed by atoms with E-state index in [1.807, 2.05) is 6.07 Å². The van der Waals surface area contributed by atoms with Crippen LogP contribution in [0.15, 0.2) is 23.8 Å². The highest BCUT2D eigenvalue weighted by molar-refractivity contribution is 6.01. The van der Waals surface area contributed by atoms with E-state index >= 15 is 0 Å². The molecule has 2 rings (SSSR count). The highest BCUT2D eigenvalue weighted by atomic mass is 19.3. The third-order valence-electron chi connectivity index (χ3n) is 4.37. The molecule has 0 aromatic heterocycles. The van der Waals surface area contributed by atoms with Crippen molar-refractivity contribution in [2.24, 2.45) is 0 Å². The lowest BCUT2D eigenvalue weighted by Crippen LogP contribution is -2.32. The molecule has 0 aliphatic carbocycles. The molecule has 0 bridgehead atoms. The molecule has 1 aromatic rings. The third-order valence-corrected chi connectivity index (χ3v) is 4.37. The highest BCUT2D eigenvalue weighted by Gasteiger charge is 2.41. The number of nitriles is 1. The Morgan fingerprint density at radius 3 is 2.83 bits per heavy atom. The fourth-order valence-corrected chi connectivity index (χ4v) is 2.78. The van der Waals surface area contributed by atoms with Crippen LogP contribution in [0.4, 0.5) is 17.6 Å². The first kappa shape index (κ1) is 23.6. The number of benzene rings is 1. The van der Waals surface area contributed by atoms with Gasteiger partial charge in [-0.1, -0.05) is 6.07 Å². The fourth-order valence-electron chi connectivity index (χ4n) is 2.78. The molecule has 10 heteroatoms. The highest BCUT2D eigenvalue weighted by Crippen LogP contribution is 2.26. The maximum atomic E-state index is 13.0. The number of halogens is 4. The minimum atomic E-state index is -4.26. The van der Waals surface area contributed by atoms with Crippen LogP contribution in [-0.2, 0) is 20.9 Å². The topological polar surface area (TPSA) is 80.6 Å². The van der Waals surface area contributed by atoms with Crippen molar-refractivity contribution in [1.82, 2.24) is 5.32 Å². The number of hydrogen-bond acceptors (Lipinski definition) is 5. The Hall–Kier alpha value is -2.64. The van der Waals surface area contributed by atoms with Crippen LogP contribution in [0, 0.1) is 11.3 Å². The summed E-state index contributed by atoms with van der Waals surface area (Å²) < 4.78 is 65.7. The maximum absolute atomic E-state index is 13.0. The van der Waals surface area contributed by atoms with Crippen LogP contribution in [-0.4, -0.2) is 51.2 Å². The summed E-state index contributed by atoms with van der Waals surface area (Å²) in [5.41, 5.74) is 0.557. The number of carbonyl (C=O) groups is 1. The van der Waals surface area contributed by atoms with Gasteiger partial charge in [-0.15, -0.1) is 0 Å². The molecule has 0 unspecified atom stereocenters. The van der Waals surface area contributed by atoms with E-state index in [9.17, 15) is 27.6 Å². The zero-order valence-corrected chi connectivity index (χ0v) is 16.3. The third kappa shape index (κ3) is 6.71. The summed E-state index contributed by atoms with van der Waals surface area (Å²) in [4.78, 5) is 12.2. The van der Waals surface area contributed by atoms with Crippen LogP contribution in [0.25, 0.3) is 6.08 Å². The van der Waals surface area contributed by atoms with Crippen LogP contribution < -0.4 is 10.1 Å². The van der Waals surface area contributed by atoms with Gasteiger partial charge in [0.2, 0.25) is 0 Å². The van der Waals surface area contributed by atoms with Crippen LogP contribution in [0.1, 0.15) is 24.0 Å². The van der Waals surface area contributed by atoms with Crippen LogP contribution in [0.5, 0.6) is 5.75 Å². The normalized spacial score (nSPS) is 17.1. The zero-order chi connectivity index (χ0) is 22.1. The minimum Gasteiger partial charge on any atom is -0.496 e. The molecule has 1 saturated heterocycles. The molecule has 1 aliphatic rings. The van der Waals surface area contributed by atoms with Crippen molar-refractivity contribution in [3.63, 3.8) is 0 Å². The first-order chi connectivity index (χ1) is 14.3. The lowest BCUT2D eigenvalue weighted by atomic mass is 10.1. The number of nitrogens with zero attached hydrogens (tertiary/aromatic N) is 1. The molecule has 6 nitrogen and oxygen atoms in total. The number of rotatable bonds is 10. The van der Waals surface area contributed by atoms with Crippen molar-refractivity contribution >= 4 is 12.0 Å². The number of ether oxygens (including phenoxy) is 3. The minimum absolute atomic E-state index is 0.0787. The molecule has 0 saturated carbocycles. The first-order valence-corrected chi connectivity index (χ1v) is 9.19. The molecule has 164 valence electrons. The number of amides is 1. The Labute approximate surface area is 171 Å². The lowest BCUT2D eigenvalue weighted by molar-refractivity contribution is -0.168. The fraction of sp³-hybridized carbons (Fsp3) is 0.500. The zero-order valence-electron chi connectivity index (χ0n) is 16.3. The van der Waals surface area contributed by atoms with E-state index in [0.29, 0.717) is 17.7 Å². The number of hydrogen-bond donors (Lipinski definition) is 1. The number of carbonyl (C=O) groups excluding carboxylic acids is 1. The standard InChI is InChI=1S/C20H22F4N2O4/c1-28-17-5-4-13(8-15(17)11-29-12-20(23,24)19(21)22)7-14(9-25)18(27)26-10-16-3-2-6-30-16/h4-5,7-8,16,19H,2-3,6,10-12H2,1H3,(H,26,27)/b14-7-/t16-/m1/s1. The molecular weight excluding hydrogens is 408 g/mol. The molecule has 1 amide bonds. The van der Waals surface area contributed by atoms with Gasteiger partial charge in [0, 0.05) is 18.7 Å². The van der Waals surface area contributed by atoms with E-state index in [1.54, 1.807) is 6.07 Å². The van der Waals surface area contributed by atoms with Gasteiger partial charge in [-0.25, -0.2) is 8.78 Å². The molecule has 30 heavy (non-hydrogen) atoms. The average molecular weight is 430 g/mol. The summed E-state index contributed by atoms with van der Waals surface area (Å²) in [5.74, 6) is -4.55. The second-order valence-electron chi connectivity index (χ2n) is 6.64. The predicted octanol–water partition coefficient (Wildman–Crippen LogP) is 3.31. The van der Waals surface area contributed by atoms with Gasteiger partial charge in [0.25, 0.3) is 5.91 Å². The molecule has 1 heterocycles. The predicted molar refractivity (Wildman–Crippen MR) is 99.2 cm³/mol. The summed E-state index contributed by atoms with van der Waals surface area (Å²) in [6, 6.07) is 6.33. The molecule has 1 atom stereocenters. The van der Waals surface area contributed by atoms with Crippen molar-refractivity contribution < 1.29 is 36.6 Å². The van der Waals surface area contributed by atoms with Gasteiger partial charge in [-0.2, -0.15) is 14.0 Å². The second kappa shape index (κ2) is 10.9. The molecule has 1 aromatic carbocycles. The van der Waals surface area contributed by atoms with E-state index in [4.69, 9.17) is 14.2 Å². The van der Waals surface area contributed by atoms with Crippen LogP contribution >= 0.6 is 0 Å². The molecular formula is C20H22F4N2O4. The number of nitrogens with one attached hydrogen (secondary N) is 1. The molecule has 1 aliphatic heterocycles. The summed E-state index contributed by atoms with van der Waals surface area (Å²) in [7, 11) is 1.35. The Morgan fingerprint density at radius 2 is 2.23 bits per heavy atom. The maximum Gasteiger partial charge on any atom is 0.330 e. The molecule has 1 fully saturated rings. The molecule has 0 radical (unpaired) electrons. The van der Waals surface area contributed by atoms with Crippen molar-refractivity contribution in [3.05, 3.63) is 34.9 Å². The van der Waals surface area contributed by atoms with Gasteiger partial charge in [0.15, 0.2) is 0 Å². The summed E-state index contributed by atoms with van der Waals surface area (Å²) >= 11 is 0. The average Bonchev–Trinajstić information content (AvgIpc) is 3.23. The van der Waals surface area contributed by atoms with Crippen LogP contribution in [0.2, 0.25) is 0 Å². The van der Waals surface area contributed by atoms with Crippen molar-refractivity contribution in [3.8, 4) is 11.8 Å². The Morgan fingerprint density at radius 1 is 1.47 bits per heavy atom. The van der Waals surface area contributed by atoms with Gasteiger partial charge in [-0.3, -0.25) is 4.79 Å². The first-order valence-electron chi connectivity index (χ1n) is 9.19. The van der Waals surface area contributed by atoms with E-state index in [2.05, 4.69) is 5.32 Å². The Balaban J connectivity index is 2.07. The molecule has 0 spiro atoms. The van der Waals surface area contributed by atoms with Gasteiger partial charge in [0.05, 0.1) is 19.8 Å². The summed E-state index contributed by atoms with van der Waals surface area (Å²) in [6.45, 7) is -0.942. The van der Waals surface area contributed by atoms with E-state index < -0.39 is 31.5 Å². The Bertz CT molecular complexity index is 802. The monoisotopic (exact) mass is 430 g/mol. The van der Waals surface area contributed by atoms with Gasteiger partial charge >= 0.3 is 12.3 Å². The van der Waals surface area contributed by atoms with Crippen molar-refractivity contribution in [2.45, 2.75) is 37.9 Å². The SMILES string of the molecule is COc1ccc(/C=C(/C#N)C(=O)NC[C@H]2CCCO2)cc1COCC(F)(F)C(F)F. The largest absolute Gasteiger partial charge is 0.496 e. The van der Waals surface area contributed by atoms with Gasteiger partial charge in [0.1, 0.15) is 24.0 Å². The molecule has 1 N–H and O–H groups in total. The summed E-state index contributed by atoms with van der Waals surface area (Å²) in [6.07, 6.45) is -0.841. The Kier molecular flexibility index (Phi) is 8.62. The number of alkyl halides is 4. The van der Waals surface area contributed by atoms with E-state index in [-0.39, 0.29) is 24.0 Å². The van der Waals surface area contributed by atoms with Crippen molar-refractivity contribution in [2.75, 3.05) is 26.9 Å². The van der Waals surface area contributed by atoms with E-state index in [0.717, 1.165) is 12.8 Å². The second-order valence-corrected chi connectivity index (χ2v) is 6.64. The van der Waals surface area contributed by atoms with E-state index in [1.165, 1.54) is 25.3 Å². The lowest BCUT2D eigenvalue weighted by Gasteiger charge is -2.16. The smallest absolute Gasteiger partial charge is 0.330 e. The quantitative estimate of drug-likeness (QED) is 0.350. The van der Waals surface area contributed by atoms with Crippen molar-refractivity contribution in [1.29, 1.82) is 5.26 Å². The number of methoxy groups -OCH3 is 1. The van der Waals surface area contributed by atoms with Crippen LogP contribution in [0.3, 0.4) is 0 Å². The summed E-state index contributed by atoms with van der Waals surface area (Å²) in [5, 5.41) is 11.9.